The molecule has 2 fully saturated rings. The lowest BCUT2D eigenvalue weighted by Gasteiger charge is -2.32. The molecule has 2 rings (SSSR count). The van der Waals surface area contributed by atoms with E-state index in [1.165, 1.54) is 12.8 Å². The third-order valence-corrected chi connectivity index (χ3v) is 3.45. The number of nitrogens with zero attached hydrogens (tertiary/aromatic N) is 2. The van der Waals surface area contributed by atoms with Crippen LogP contribution in [0.4, 0.5) is 0 Å². The largest absolute Gasteiger partial charge is 0.310 e. The van der Waals surface area contributed by atoms with Gasteiger partial charge in [-0.15, -0.1) is 0 Å². The average Bonchev–Trinajstić information content (AvgIpc) is 2.26. The van der Waals surface area contributed by atoms with Crippen molar-refractivity contribution in [3.05, 3.63) is 0 Å². The molecule has 60 valence electrons. The van der Waals surface area contributed by atoms with E-state index in [1.54, 1.807) is 0 Å². The molecule has 1 aliphatic carbocycles. The molecule has 2 aliphatic rings. The quantitative estimate of drug-likeness (QED) is 0.489. The van der Waals surface area contributed by atoms with Crippen LogP contribution in [0.1, 0.15) is 19.8 Å². The Bertz CT molecular complexity index is 180. The van der Waals surface area contributed by atoms with Crippen LogP contribution in [0.5, 0.6) is 0 Å². The minimum Gasteiger partial charge on any atom is -0.310 e. The highest BCUT2D eigenvalue weighted by Crippen LogP contribution is 2.40. The molecule has 2 heteroatoms. The fraction of sp³-hybridized carbons (Fsp3) is 0.889. The van der Waals surface area contributed by atoms with E-state index in [1.807, 2.05) is 4.90 Å². The van der Waals surface area contributed by atoms with Crippen LogP contribution in [0.15, 0.2) is 0 Å². The standard InChI is InChI=1S/C9H14N2/c1-7-8-2-3-9(7)5-11(4-8)6-10/h7-9H,2-5H2,1H3. The fourth-order valence-corrected chi connectivity index (χ4v) is 2.58. The zero-order valence-electron chi connectivity index (χ0n) is 6.95. The Labute approximate surface area is 67.8 Å². The van der Waals surface area contributed by atoms with Crippen LogP contribution in [0.2, 0.25) is 0 Å². The Morgan fingerprint density at radius 3 is 2.27 bits per heavy atom. The Morgan fingerprint density at radius 2 is 1.82 bits per heavy atom. The molecule has 0 spiro atoms. The van der Waals surface area contributed by atoms with E-state index in [0.29, 0.717) is 0 Å². The molecule has 0 radical (unpaired) electrons. The summed E-state index contributed by atoms with van der Waals surface area (Å²) >= 11 is 0. The highest BCUT2D eigenvalue weighted by Gasteiger charge is 2.38. The van der Waals surface area contributed by atoms with Gasteiger partial charge in [-0.1, -0.05) is 6.92 Å². The molecule has 2 bridgehead atoms. The molecular weight excluding hydrogens is 136 g/mol. The van der Waals surface area contributed by atoms with Crippen LogP contribution in [0, 0.1) is 29.2 Å². The number of likely N-dealkylation sites (tertiary alicyclic amines) is 1. The van der Waals surface area contributed by atoms with Crippen molar-refractivity contribution in [3.63, 3.8) is 0 Å². The molecule has 1 saturated carbocycles. The Morgan fingerprint density at radius 1 is 1.27 bits per heavy atom. The van der Waals surface area contributed by atoms with E-state index >= 15 is 0 Å². The van der Waals surface area contributed by atoms with Gasteiger partial charge in [-0.3, -0.25) is 0 Å². The monoisotopic (exact) mass is 150 g/mol. The SMILES string of the molecule is CC1C2CCC1CN(C#N)C2. The molecule has 11 heavy (non-hydrogen) atoms. The second-order valence-electron chi connectivity index (χ2n) is 3.96. The summed E-state index contributed by atoms with van der Waals surface area (Å²) in [6, 6.07) is 0. The molecule has 1 aliphatic heterocycles. The number of piperidine rings is 1. The highest BCUT2D eigenvalue weighted by molar-refractivity contribution is 4.94. The van der Waals surface area contributed by atoms with Gasteiger partial charge in [0, 0.05) is 13.1 Å². The zero-order chi connectivity index (χ0) is 7.84. The lowest BCUT2D eigenvalue weighted by atomic mass is 9.87. The van der Waals surface area contributed by atoms with Gasteiger partial charge in [-0.05, 0) is 30.6 Å². The van der Waals surface area contributed by atoms with E-state index in [9.17, 15) is 0 Å². The first kappa shape index (κ1) is 6.97. The van der Waals surface area contributed by atoms with Crippen molar-refractivity contribution in [1.82, 2.24) is 4.90 Å². The summed E-state index contributed by atoms with van der Waals surface area (Å²) < 4.78 is 0. The van der Waals surface area contributed by atoms with Gasteiger partial charge in [-0.2, -0.15) is 5.26 Å². The van der Waals surface area contributed by atoms with Crippen molar-refractivity contribution in [2.45, 2.75) is 19.8 Å². The molecule has 0 aromatic carbocycles. The summed E-state index contributed by atoms with van der Waals surface area (Å²) in [6.45, 7) is 4.39. The minimum absolute atomic E-state index is 0.813. The number of rotatable bonds is 0. The maximum Gasteiger partial charge on any atom is 0.179 e. The van der Waals surface area contributed by atoms with Gasteiger partial charge in [0.05, 0.1) is 0 Å². The Kier molecular flexibility index (Phi) is 1.52. The molecule has 1 saturated heterocycles. The third-order valence-electron chi connectivity index (χ3n) is 3.45. The zero-order valence-corrected chi connectivity index (χ0v) is 6.95. The third kappa shape index (κ3) is 0.994. The maximum atomic E-state index is 8.72. The minimum atomic E-state index is 0.813. The lowest BCUT2D eigenvalue weighted by Crippen LogP contribution is -2.37. The number of nitriles is 1. The van der Waals surface area contributed by atoms with Crippen molar-refractivity contribution in [2.75, 3.05) is 13.1 Å². The number of fused-ring (bicyclic) bond motifs is 2. The van der Waals surface area contributed by atoms with Crippen molar-refractivity contribution in [2.24, 2.45) is 17.8 Å². The first-order chi connectivity index (χ1) is 5.31. The maximum absolute atomic E-state index is 8.72. The number of hydrogen-bond donors (Lipinski definition) is 0. The molecule has 2 atom stereocenters. The van der Waals surface area contributed by atoms with E-state index in [4.69, 9.17) is 5.26 Å². The first-order valence-electron chi connectivity index (χ1n) is 4.46. The molecule has 0 amide bonds. The molecule has 0 aromatic heterocycles. The smallest absolute Gasteiger partial charge is 0.179 e. The second-order valence-corrected chi connectivity index (χ2v) is 3.96. The van der Waals surface area contributed by atoms with E-state index in [2.05, 4.69) is 13.1 Å². The summed E-state index contributed by atoms with van der Waals surface area (Å²) in [5.41, 5.74) is 0. The van der Waals surface area contributed by atoms with Crippen LogP contribution in [0.3, 0.4) is 0 Å². The van der Waals surface area contributed by atoms with Crippen LogP contribution in [-0.4, -0.2) is 18.0 Å². The Hall–Kier alpha value is -0.710. The van der Waals surface area contributed by atoms with Crippen LogP contribution >= 0.6 is 0 Å². The normalized spacial score (nSPS) is 42.2. The van der Waals surface area contributed by atoms with Gasteiger partial charge in [-0.25, -0.2) is 0 Å². The lowest BCUT2D eigenvalue weighted by molar-refractivity contribution is 0.169. The predicted octanol–water partition coefficient (Wildman–Crippen LogP) is 1.45. The second kappa shape index (κ2) is 2.41. The van der Waals surface area contributed by atoms with Gasteiger partial charge < -0.3 is 4.90 Å². The van der Waals surface area contributed by atoms with Gasteiger partial charge in [0.25, 0.3) is 0 Å². The molecule has 0 N–H and O–H groups in total. The van der Waals surface area contributed by atoms with Crippen molar-refractivity contribution in [1.29, 1.82) is 5.26 Å². The predicted molar refractivity (Wildman–Crippen MR) is 42.6 cm³/mol. The molecular formula is C9H14N2. The number of hydrogen-bond acceptors (Lipinski definition) is 2. The molecule has 2 unspecified atom stereocenters. The van der Waals surface area contributed by atoms with E-state index in [-0.39, 0.29) is 0 Å². The van der Waals surface area contributed by atoms with Crippen LogP contribution in [0.25, 0.3) is 0 Å². The summed E-state index contributed by atoms with van der Waals surface area (Å²) in [5, 5.41) is 8.72. The van der Waals surface area contributed by atoms with Crippen molar-refractivity contribution >= 4 is 0 Å². The summed E-state index contributed by atoms with van der Waals surface area (Å²) in [4.78, 5) is 1.93. The van der Waals surface area contributed by atoms with Crippen LogP contribution < -0.4 is 0 Å². The van der Waals surface area contributed by atoms with Crippen LogP contribution in [-0.2, 0) is 0 Å². The van der Waals surface area contributed by atoms with Gasteiger partial charge in [0.15, 0.2) is 6.19 Å². The van der Waals surface area contributed by atoms with E-state index < -0.39 is 0 Å². The van der Waals surface area contributed by atoms with E-state index in [0.717, 1.165) is 30.8 Å². The van der Waals surface area contributed by atoms with Crippen molar-refractivity contribution in [3.8, 4) is 6.19 Å². The summed E-state index contributed by atoms with van der Waals surface area (Å²) in [6.07, 6.45) is 4.96. The van der Waals surface area contributed by atoms with Crippen molar-refractivity contribution < 1.29 is 0 Å². The molecule has 0 aromatic rings. The summed E-state index contributed by atoms with van der Waals surface area (Å²) in [5.74, 6) is 2.50. The topological polar surface area (TPSA) is 27.0 Å². The highest BCUT2D eigenvalue weighted by atomic mass is 15.1. The van der Waals surface area contributed by atoms with Gasteiger partial charge in [0.1, 0.15) is 0 Å². The summed E-state index contributed by atoms with van der Waals surface area (Å²) in [7, 11) is 0. The Balaban J connectivity index is 2.09. The molecule has 1 heterocycles. The molecule has 2 nitrogen and oxygen atoms in total. The fourth-order valence-electron chi connectivity index (χ4n) is 2.58. The first-order valence-corrected chi connectivity index (χ1v) is 4.46. The van der Waals surface area contributed by atoms with Gasteiger partial charge >= 0.3 is 0 Å². The van der Waals surface area contributed by atoms with Gasteiger partial charge in [0.2, 0.25) is 0 Å². The average molecular weight is 150 g/mol.